The maximum absolute atomic E-state index is 6.11. The fourth-order valence-electron chi connectivity index (χ4n) is 40.9. The number of hydrogen-bond donors (Lipinski definition) is 0. The highest BCUT2D eigenvalue weighted by molar-refractivity contribution is 5.19. The molecule has 12 heteroatoms. The molecule has 149 heavy (non-hydrogen) atoms. The van der Waals surface area contributed by atoms with Gasteiger partial charge in [0.2, 0.25) is 0 Å². The van der Waals surface area contributed by atoms with Crippen LogP contribution in [-0.2, 0) is 56.8 Å². The summed E-state index contributed by atoms with van der Waals surface area (Å²) in [4.78, 5) is 0. The van der Waals surface area contributed by atoms with Crippen LogP contribution < -0.4 is 0 Å². The second-order valence-electron chi connectivity index (χ2n) is 60.6. The van der Waals surface area contributed by atoms with Crippen molar-refractivity contribution in [2.75, 3.05) is 79.3 Å². The molecule has 0 saturated heterocycles. The maximum atomic E-state index is 6.11. The number of rotatable bonds is 24. The topological polar surface area (TPSA) is 111 Å². The third kappa shape index (κ3) is 27.3. The molecule has 28 aliphatic carbocycles. The molecule has 0 aromatic carbocycles. The van der Waals surface area contributed by atoms with Crippen LogP contribution in [0.15, 0.2) is 0 Å². The Kier molecular flexibility index (Phi) is 43.1. The molecule has 0 radical (unpaired) electrons. The van der Waals surface area contributed by atoms with Gasteiger partial charge < -0.3 is 56.8 Å². The Balaban J connectivity index is 0.000000122. The molecule has 0 heterocycles. The van der Waals surface area contributed by atoms with Crippen LogP contribution in [0.4, 0.5) is 0 Å². The lowest BCUT2D eigenvalue weighted by molar-refractivity contribution is -0.139. The SMILES string of the molecule is CCOC1C(C)(C)CCC12CC2.CCOC1C(C)(C)CCC12CCC2.CCOC1C(C)(C)CCC12CCCC2.CCOC1C(C)(C)CCC12CCCCC2.CCOC1C2(CC2)CCC12CC2.CCOC1C2CC(C3CCCC32)C1(C)C.CCOC1C2CCC(CC2)C1(C)C.CCOC1C2CCC1(C)CC2(C)C.CCOC1C2CCC1C2.CCOC1C2CCC1CC2.CCOC1C2CCCC1CC2.CCOC1C2CCCC1CCC2. The molecular formula is C137H246O12. The summed E-state index contributed by atoms with van der Waals surface area (Å²) in [7, 11) is 0. The molecule has 28 aliphatic rings. The fraction of sp³-hybridized carbons (Fsp3) is 1.00. The Bertz CT molecular complexity index is 3750. The maximum Gasteiger partial charge on any atom is 0.0687 e. The zero-order chi connectivity index (χ0) is 107. The molecule has 866 valence electrons. The Morgan fingerprint density at radius 3 is 0.772 bits per heavy atom. The zero-order valence-corrected chi connectivity index (χ0v) is 103. The monoisotopic (exact) mass is 2080 g/mol. The number of hydrogen-bond acceptors (Lipinski definition) is 12. The highest BCUT2D eigenvalue weighted by atomic mass is 16.5. The van der Waals surface area contributed by atoms with Gasteiger partial charge in [-0.05, 0) is 549 Å². The van der Waals surface area contributed by atoms with E-state index in [1.807, 2.05) is 0 Å². The van der Waals surface area contributed by atoms with E-state index in [4.69, 9.17) is 56.8 Å². The molecule has 28 fully saturated rings. The van der Waals surface area contributed by atoms with Crippen LogP contribution in [0, 0.1) is 165 Å². The Hall–Kier alpha value is -0.480. The number of fused-ring (bicyclic) bond motifs is 17. The van der Waals surface area contributed by atoms with Gasteiger partial charge in [0.05, 0.1) is 73.2 Å². The summed E-state index contributed by atoms with van der Waals surface area (Å²) in [6.45, 7) is 72.3. The van der Waals surface area contributed by atoms with Gasteiger partial charge in [-0.25, -0.2) is 0 Å². The van der Waals surface area contributed by atoms with Crippen molar-refractivity contribution in [3.05, 3.63) is 0 Å². The lowest BCUT2D eigenvalue weighted by Gasteiger charge is -2.53. The van der Waals surface area contributed by atoms with Crippen molar-refractivity contribution < 1.29 is 56.8 Å². The summed E-state index contributed by atoms with van der Waals surface area (Å²) < 4.78 is 70.8. The standard InChI is InChI=1S/C14H24O.C14H26O.C13H24O.3C12H22O.C11H18O.2C11H20O.C10H18O.C9H16O.C8H14O/c1-4-15-13-11-8-12(14(13,2)3)10-7-5-6-9(10)11;1-4-15-12-13(2,3)10-11-14(12)8-6-5-7-9-14;1-4-14-11-12(2,3)9-10-13(11)7-5-6-8-13;1-5-13-10-9-6-7-12(10,4)8-11(9,2)3;1-4-13-11-9-5-7-10(8-6-9)12(11,2)3;1-4-13-10-11(2,3)8-9-12(10)6-5-7-12;1-2-12-9-10(3-4-10)7-8-11(9)5-6-11;1-4-12-9-10(2,3)5-6-11(9)7-8-11;1-2-12-11-9-5-3-6-10(11)8-4-7-9;1-2-11-10-8-4-3-5-9(10)7-6-8;1-2-10-9-7-3-4-8(9)6-5-7;1-2-9-8-6-3-4-7(8)5-6/h9-13H,4-8H2,1-3H3;12H,4-11H2,1-3H3;11H,4-10H2,1-3H3;9-10H,5-8H2,1-4H3;9-11H,4-8H2,1-3H3;10H,4-9H2,1-3H3;9H,2-8H2,1H3;9H,4-8H2,1-3H3;9-11H,2-8H2,1H3;8-10H,2-7H2,1H3;7-9H,2-6H2,1H3;6-8H,2-5H2,1H3. The summed E-state index contributed by atoms with van der Waals surface area (Å²) in [6.07, 6.45) is 88.6. The van der Waals surface area contributed by atoms with E-state index >= 15 is 0 Å². The van der Waals surface area contributed by atoms with Crippen LogP contribution in [0.2, 0.25) is 0 Å². The molecule has 0 aromatic heterocycles. The average Bonchev–Trinajstić information content (AvgIpc) is 1.52. The smallest absolute Gasteiger partial charge is 0.0687 e. The van der Waals surface area contributed by atoms with Crippen LogP contribution in [0.1, 0.15) is 553 Å². The Morgan fingerprint density at radius 1 is 0.174 bits per heavy atom. The minimum Gasteiger partial charge on any atom is -0.378 e. The normalized spacial score (nSPS) is 40.5. The van der Waals surface area contributed by atoms with Gasteiger partial charge in [0.25, 0.3) is 0 Å². The lowest BCUT2D eigenvalue weighted by Crippen LogP contribution is -2.51. The lowest BCUT2D eigenvalue weighted by atomic mass is 9.56. The second kappa shape index (κ2) is 52.5. The molecule has 17 atom stereocenters. The molecule has 28 saturated carbocycles. The minimum absolute atomic E-state index is 0.410. The molecule has 0 N–H and O–H groups in total. The van der Waals surface area contributed by atoms with Crippen molar-refractivity contribution in [2.45, 2.75) is 626 Å². The first-order valence-electron chi connectivity index (χ1n) is 66.6. The molecule has 0 aromatic rings. The Labute approximate surface area is 921 Å². The van der Waals surface area contributed by atoms with Crippen molar-refractivity contribution in [1.82, 2.24) is 0 Å². The Morgan fingerprint density at radius 2 is 0.450 bits per heavy atom. The summed E-state index contributed by atoms with van der Waals surface area (Å²) in [5.41, 5.74) is 7.31. The van der Waals surface area contributed by atoms with Gasteiger partial charge in [-0.3, -0.25) is 0 Å². The van der Waals surface area contributed by atoms with E-state index in [9.17, 15) is 0 Å². The largest absolute Gasteiger partial charge is 0.378 e. The van der Waals surface area contributed by atoms with Gasteiger partial charge >= 0.3 is 0 Å². The number of ether oxygens (including phenoxy) is 12. The fourth-order valence-corrected chi connectivity index (χ4v) is 40.9. The third-order valence-corrected chi connectivity index (χ3v) is 48.6. The second-order valence-corrected chi connectivity index (χ2v) is 60.6. The first kappa shape index (κ1) is 122. The average molecular weight is 2090 g/mol. The zero-order valence-electron chi connectivity index (χ0n) is 103. The van der Waals surface area contributed by atoms with E-state index in [0.717, 1.165) is 168 Å². The molecule has 28 rings (SSSR count). The summed E-state index contributed by atoms with van der Waals surface area (Å²) >= 11 is 0. The van der Waals surface area contributed by atoms with E-state index in [0.29, 0.717) is 149 Å². The van der Waals surface area contributed by atoms with Gasteiger partial charge in [-0.15, -0.1) is 0 Å². The molecule has 0 aliphatic heterocycles. The van der Waals surface area contributed by atoms with Crippen LogP contribution in [0.25, 0.3) is 0 Å². The first-order chi connectivity index (χ1) is 71.2. The van der Waals surface area contributed by atoms with E-state index in [1.165, 1.54) is 366 Å². The summed E-state index contributed by atoms with van der Waals surface area (Å²) in [6, 6.07) is 0. The molecule has 14 bridgehead atoms. The van der Waals surface area contributed by atoms with Gasteiger partial charge in [0.1, 0.15) is 0 Å². The van der Waals surface area contributed by atoms with E-state index in [2.05, 4.69) is 187 Å². The van der Waals surface area contributed by atoms with Crippen molar-refractivity contribution in [1.29, 1.82) is 0 Å². The van der Waals surface area contributed by atoms with Gasteiger partial charge in [0, 0.05) is 79.3 Å². The molecule has 12 nitrogen and oxygen atoms in total. The van der Waals surface area contributed by atoms with Crippen LogP contribution in [0.5, 0.6) is 0 Å². The molecule has 0 amide bonds. The van der Waals surface area contributed by atoms with Crippen molar-refractivity contribution >= 4 is 0 Å². The van der Waals surface area contributed by atoms with Crippen molar-refractivity contribution in [3.63, 3.8) is 0 Å². The predicted octanol–water partition coefficient (Wildman–Crippen LogP) is 36.6. The van der Waals surface area contributed by atoms with Crippen molar-refractivity contribution in [3.8, 4) is 0 Å². The van der Waals surface area contributed by atoms with Gasteiger partial charge in [-0.2, -0.15) is 0 Å². The van der Waals surface area contributed by atoms with Crippen LogP contribution in [-0.4, -0.2) is 153 Å². The molecule has 17 unspecified atom stereocenters. The first-order valence-corrected chi connectivity index (χ1v) is 66.6. The third-order valence-electron chi connectivity index (χ3n) is 48.6. The highest BCUT2D eigenvalue weighted by Crippen LogP contribution is 2.74. The quantitative estimate of drug-likeness (QED) is 0.0917. The molecule has 6 spiro atoms. The summed E-state index contributed by atoms with van der Waals surface area (Å²) in [5, 5.41) is 0. The van der Waals surface area contributed by atoms with Gasteiger partial charge in [0.15, 0.2) is 0 Å². The van der Waals surface area contributed by atoms with Gasteiger partial charge in [-0.1, -0.05) is 168 Å². The molecular weight excluding hydrogens is 1840 g/mol. The summed E-state index contributed by atoms with van der Waals surface area (Å²) in [5.74, 6) is 14.0. The van der Waals surface area contributed by atoms with Crippen molar-refractivity contribution in [2.24, 2.45) is 165 Å². The predicted molar refractivity (Wildman–Crippen MR) is 620 cm³/mol. The highest BCUT2D eigenvalue weighted by Gasteiger charge is 2.69. The van der Waals surface area contributed by atoms with E-state index in [-0.39, 0.29) is 0 Å². The van der Waals surface area contributed by atoms with E-state index in [1.54, 1.807) is 0 Å². The minimum atomic E-state index is 0.410. The van der Waals surface area contributed by atoms with Crippen LogP contribution in [0.3, 0.4) is 0 Å². The van der Waals surface area contributed by atoms with E-state index < -0.39 is 0 Å². The van der Waals surface area contributed by atoms with Crippen LogP contribution >= 0.6 is 0 Å².